The van der Waals surface area contributed by atoms with E-state index in [2.05, 4.69) is 27.5 Å². The summed E-state index contributed by atoms with van der Waals surface area (Å²) in [5.41, 5.74) is 1.70. The molecule has 4 rings (SSSR count). The van der Waals surface area contributed by atoms with Crippen molar-refractivity contribution in [3.05, 3.63) is 71.5 Å². The van der Waals surface area contributed by atoms with Gasteiger partial charge in [0.05, 0.1) is 19.1 Å². The molecule has 29 heavy (non-hydrogen) atoms. The third-order valence-corrected chi connectivity index (χ3v) is 5.58. The summed E-state index contributed by atoms with van der Waals surface area (Å²) in [5.74, 6) is 1.44. The molecule has 0 radical (unpaired) electrons. The molecule has 2 heterocycles. The molecule has 1 amide bonds. The van der Waals surface area contributed by atoms with Crippen LogP contribution in [0.3, 0.4) is 0 Å². The zero-order valence-corrected chi connectivity index (χ0v) is 16.2. The summed E-state index contributed by atoms with van der Waals surface area (Å²) in [5, 5.41) is 22.7. The van der Waals surface area contributed by atoms with Crippen molar-refractivity contribution in [1.29, 1.82) is 0 Å². The van der Waals surface area contributed by atoms with Crippen LogP contribution in [0.2, 0.25) is 0 Å². The van der Waals surface area contributed by atoms with Gasteiger partial charge in [-0.15, -0.1) is 10.2 Å². The summed E-state index contributed by atoms with van der Waals surface area (Å²) in [4.78, 5) is 14.4. The van der Waals surface area contributed by atoms with Crippen molar-refractivity contribution >= 4 is 6.09 Å². The van der Waals surface area contributed by atoms with Gasteiger partial charge in [0.2, 0.25) is 0 Å². The molecule has 1 N–H and O–H groups in total. The second kappa shape index (κ2) is 7.90. The molecular weight excluding hydrogens is 370 g/mol. The molecule has 1 saturated heterocycles. The molecule has 8 heteroatoms. The molecule has 0 atom stereocenters. The van der Waals surface area contributed by atoms with Crippen LogP contribution in [0.4, 0.5) is 4.79 Å². The molecule has 1 aliphatic rings. The van der Waals surface area contributed by atoms with Crippen molar-refractivity contribution in [1.82, 2.24) is 25.1 Å². The van der Waals surface area contributed by atoms with E-state index in [0.717, 1.165) is 16.9 Å². The van der Waals surface area contributed by atoms with Crippen molar-refractivity contribution in [3.63, 3.8) is 0 Å². The van der Waals surface area contributed by atoms with Crippen LogP contribution in [0.15, 0.2) is 54.6 Å². The van der Waals surface area contributed by atoms with Gasteiger partial charge in [0.1, 0.15) is 5.75 Å². The Hall–Kier alpha value is -3.42. The summed E-state index contributed by atoms with van der Waals surface area (Å²) >= 11 is 0. The van der Waals surface area contributed by atoms with Crippen molar-refractivity contribution in [2.75, 3.05) is 20.2 Å². The van der Waals surface area contributed by atoms with Crippen LogP contribution in [-0.4, -0.2) is 56.5 Å². The first-order valence-corrected chi connectivity index (χ1v) is 9.55. The normalized spacial score (nSPS) is 15.8. The van der Waals surface area contributed by atoms with E-state index in [4.69, 9.17) is 4.74 Å². The van der Waals surface area contributed by atoms with Crippen LogP contribution in [0.1, 0.15) is 29.8 Å². The molecule has 1 aromatic heterocycles. The lowest BCUT2D eigenvalue weighted by Gasteiger charge is -2.39. The quantitative estimate of drug-likeness (QED) is 0.716. The summed E-state index contributed by atoms with van der Waals surface area (Å²) in [6.07, 6.45) is 0.359. The second-order valence-corrected chi connectivity index (χ2v) is 7.21. The van der Waals surface area contributed by atoms with E-state index in [-0.39, 0.29) is 0 Å². The topological polar surface area (TPSA) is 93.4 Å². The highest BCUT2D eigenvalue weighted by molar-refractivity contribution is 5.65. The van der Waals surface area contributed by atoms with E-state index in [0.29, 0.717) is 38.3 Å². The fourth-order valence-electron chi connectivity index (χ4n) is 3.87. The Morgan fingerprint density at radius 2 is 1.79 bits per heavy atom. The Bertz CT molecular complexity index is 963. The Labute approximate surface area is 168 Å². The van der Waals surface area contributed by atoms with Crippen LogP contribution in [0.25, 0.3) is 0 Å². The number of ether oxygens (including phenoxy) is 1. The van der Waals surface area contributed by atoms with Crippen molar-refractivity contribution in [3.8, 4) is 5.75 Å². The Kier molecular flexibility index (Phi) is 5.16. The average Bonchev–Trinajstić information content (AvgIpc) is 3.24. The number of amides is 1. The smallest absolute Gasteiger partial charge is 0.407 e. The summed E-state index contributed by atoms with van der Waals surface area (Å²) in [7, 11) is 1.64. The number of aromatic nitrogens is 4. The van der Waals surface area contributed by atoms with Crippen LogP contribution in [0.5, 0.6) is 5.75 Å². The molecule has 2 aromatic carbocycles. The summed E-state index contributed by atoms with van der Waals surface area (Å²) in [6.45, 7) is 1.39. The van der Waals surface area contributed by atoms with Crippen molar-refractivity contribution < 1.29 is 14.6 Å². The number of nitrogens with zero attached hydrogens (tertiary/aromatic N) is 5. The Morgan fingerprint density at radius 3 is 2.41 bits per heavy atom. The molecule has 0 spiro atoms. The number of rotatable bonds is 5. The van der Waals surface area contributed by atoms with Crippen molar-refractivity contribution in [2.24, 2.45) is 0 Å². The monoisotopic (exact) mass is 393 g/mol. The Balaban J connectivity index is 1.61. The molecule has 150 valence electrons. The number of likely N-dealkylation sites (tertiary alicyclic amines) is 1. The third-order valence-electron chi connectivity index (χ3n) is 5.58. The van der Waals surface area contributed by atoms with Gasteiger partial charge < -0.3 is 14.7 Å². The van der Waals surface area contributed by atoms with Gasteiger partial charge in [-0.25, -0.2) is 4.79 Å². The van der Waals surface area contributed by atoms with E-state index in [1.807, 2.05) is 42.5 Å². The van der Waals surface area contributed by atoms with Gasteiger partial charge in [-0.3, -0.25) is 0 Å². The minimum Gasteiger partial charge on any atom is -0.497 e. The highest BCUT2D eigenvalue weighted by atomic mass is 16.5. The van der Waals surface area contributed by atoms with Crippen LogP contribution < -0.4 is 4.74 Å². The zero-order chi connectivity index (χ0) is 20.3. The van der Waals surface area contributed by atoms with E-state index < -0.39 is 11.5 Å². The first-order chi connectivity index (χ1) is 14.1. The number of methoxy groups -OCH3 is 1. The average molecular weight is 393 g/mol. The van der Waals surface area contributed by atoms with E-state index in [9.17, 15) is 9.90 Å². The maximum atomic E-state index is 11.4. The number of hydrogen-bond acceptors (Lipinski definition) is 5. The van der Waals surface area contributed by atoms with Gasteiger partial charge in [0.15, 0.2) is 5.82 Å². The zero-order valence-electron chi connectivity index (χ0n) is 16.2. The maximum Gasteiger partial charge on any atom is 0.407 e. The Morgan fingerprint density at radius 1 is 1.10 bits per heavy atom. The second-order valence-electron chi connectivity index (χ2n) is 7.21. The van der Waals surface area contributed by atoms with Crippen LogP contribution in [-0.2, 0) is 12.0 Å². The first kappa shape index (κ1) is 18.9. The molecule has 0 aliphatic carbocycles. The molecule has 0 saturated carbocycles. The predicted octanol–water partition coefficient (Wildman–Crippen LogP) is 2.79. The van der Waals surface area contributed by atoms with E-state index in [1.165, 1.54) is 4.90 Å². The van der Waals surface area contributed by atoms with Gasteiger partial charge >= 0.3 is 6.09 Å². The number of carbonyl (C=O) groups is 1. The summed E-state index contributed by atoms with van der Waals surface area (Å²) in [6, 6.07) is 17.8. The highest BCUT2D eigenvalue weighted by Gasteiger charge is 2.42. The largest absolute Gasteiger partial charge is 0.497 e. The lowest BCUT2D eigenvalue weighted by Crippen LogP contribution is -2.45. The highest BCUT2D eigenvalue weighted by Crippen LogP contribution is 2.39. The third kappa shape index (κ3) is 3.78. The molecule has 0 unspecified atom stereocenters. The molecule has 3 aromatic rings. The van der Waals surface area contributed by atoms with Crippen LogP contribution in [0, 0.1) is 0 Å². The van der Waals surface area contributed by atoms with Crippen molar-refractivity contribution in [2.45, 2.75) is 24.8 Å². The lowest BCUT2D eigenvalue weighted by atomic mass is 9.72. The number of benzene rings is 2. The van der Waals surface area contributed by atoms with Gasteiger partial charge in [-0.05, 0) is 41.3 Å². The minimum absolute atomic E-state index is 0.439. The summed E-state index contributed by atoms with van der Waals surface area (Å²) < 4.78 is 5.19. The SMILES string of the molecule is COc1ccc(Cn2nnc(C3(c4ccccc4)CCN(C(=O)O)CC3)n2)cc1. The molecular formula is C21H23N5O3. The van der Waals surface area contributed by atoms with Crippen LogP contribution >= 0.6 is 0 Å². The first-order valence-electron chi connectivity index (χ1n) is 9.55. The van der Waals surface area contributed by atoms with E-state index >= 15 is 0 Å². The van der Waals surface area contributed by atoms with Gasteiger partial charge in [0, 0.05) is 13.1 Å². The molecule has 1 fully saturated rings. The fourth-order valence-corrected chi connectivity index (χ4v) is 3.87. The van der Waals surface area contributed by atoms with Gasteiger partial charge in [-0.1, -0.05) is 42.5 Å². The molecule has 0 bridgehead atoms. The standard InChI is InChI=1S/C21H23N5O3/c1-29-18-9-7-16(8-10-18)15-26-23-19(22-24-26)21(17-5-3-2-4-6-17)11-13-25(14-12-21)20(27)28/h2-10H,11-15H2,1H3,(H,27,28). The predicted molar refractivity (Wildman–Crippen MR) is 106 cm³/mol. The fraction of sp³-hybridized carbons (Fsp3) is 0.333. The molecule has 8 nitrogen and oxygen atoms in total. The number of piperidine rings is 1. The maximum absolute atomic E-state index is 11.4. The minimum atomic E-state index is -0.886. The lowest BCUT2D eigenvalue weighted by molar-refractivity contribution is 0.121. The van der Waals surface area contributed by atoms with E-state index in [1.54, 1.807) is 11.9 Å². The number of hydrogen-bond donors (Lipinski definition) is 1. The number of tetrazole rings is 1. The molecule has 1 aliphatic heterocycles. The van der Waals surface area contributed by atoms with Gasteiger partial charge in [0.25, 0.3) is 0 Å². The number of carboxylic acid groups (broad SMARTS) is 1. The van der Waals surface area contributed by atoms with Gasteiger partial charge in [-0.2, -0.15) is 4.80 Å².